The van der Waals surface area contributed by atoms with E-state index in [9.17, 15) is 4.79 Å². The van der Waals surface area contributed by atoms with Crippen LogP contribution in [-0.4, -0.2) is 16.5 Å². The first-order valence-electron chi connectivity index (χ1n) is 5.41. The first kappa shape index (κ1) is 11.9. The molecule has 0 spiro atoms. The molecule has 0 aliphatic heterocycles. The van der Waals surface area contributed by atoms with E-state index in [-0.39, 0.29) is 5.56 Å². The molecule has 0 atom stereocenters. The van der Waals surface area contributed by atoms with Gasteiger partial charge in [0.05, 0.1) is 5.69 Å². The largest absolute Gasteiger partial charge is 0.311 e. The van der Waals surface area contributed by atoms with Gasteiger partial charge in [0.1, 0.15) is 5.82 Å². The zero-order valence-electron chi connectivity index (χ0n) is 9.63. The van der Waals surface area contributed by atoms with Gasteiger partial charge >= 0.3 is 0 Å². The topological polar surface area (TPSA) is 57.8 Å². The molecular formula is C11H19N3O. The van der Waals surface area contributed by atoms with Crippen molar-refractivity contribution in [3.05, 3.63) is 27.9 Å². The van der Waals surface area contributed by atoms with Crippen LogP contribution in [-0.2, 0) is 13.0 Å². The molecule has 0 radical (unpaired) electrons. The lowest BCUT2D eigenvalue weighted by Gasteiger charge is -2.07. The molecule has 0 saturated carbocycles. The van der Waals surface area contributed by atoms with Crippen molar-refractivity contribution in [2.75, 3.05) is 6.54 Å². The second kappa shape index (κ2) is 5.66. The van der Waals surface area contributed by atoms with Crippen LogP contribution in [0.5, 0.6) is 0 Å². The van der Waals surface area contributed by atoms with Gasteiger partial charge in [0.15, 0.2) is 0 Å². The summed E-state index contributed by atoms with van der Waals surface area (Å²) in [4.78, 5) is 18.3. The number of H-pyrrole nitrogens is 1. The molecule has 84 valence electrons. The van der Waals surface area contributed by atoms with Gasteiger partial charge in [0.25, 0.3) is 5.56 Å². The molecule has 0 saturated heterocycles. The molecule has 2 N–H and O–H groups in total. The van der Waals surface area contributed by atoms with Crippen molar-refractivity contribution in [3.8, 4) is 0 Å². The Hall–Kier alpha value is -1.16. The van der Waals surface area contributed by atoms with E-state index in [0.717, 1.165) is 24.5 Å². The molecule has 15 heavy (non-hydrogen) atoms. The Morgan fingerprint density at radius 3 is 2.87 bits per heavy atom. The summed E-state index contributed by atoms with van der Waals surface area (Å²) in [6, 6.07) is 1.55. The Bertz CT molecular complexity index is 357. The van der Waals surface area contributed by atoms with Crippen molar-refractivity contribution in [1.82, 2.24) is 15.3 Å². The Morgan fingerprint density at radius 1 is 1.53 bits per heavy atom. The van der Waals surface area contributed by atoms with Crippen molar-refractivity contribution < 1.29 is 0 Å². The van der Waals surface area contributed by atoms with E-state index < -0.39 is 0 Å². The van der Waals surface area contributed by atoms with Gasteiger partial charge in [-0.05, 0) is 12.5 Å². The van der Waals surface area contributed by atoms with Gasteiger partial charge in [0, 0.05) is 19.0 Å². The standard InChI is InChI=1S/C11H19N3O/c1-4-10-13-9(5-11(15)14-10)7-12-6-8(2)3/h5,8,12H,4,6-7H2,1-3H3,(H,13,14,15). The van der Waals surface area contributed by atoms with Gasteiger partial charge < -0.3 is 10.3 Å². The second-order valence-corrected chi connectivity index (χ2v) is 4.06. The van der Waals surface area contributed by atoms with Crippen LogP contribution in [0.1, 0.15) is 32.3 Å². The van der Waals surface area contributed by atoms with Crippen molar-refractivity contribution in [2.45, 2.75) is 33.7 Å². The van der Waals surface area contributed by atoms with Crippen LogP contribution in [0.2, 0.25) is 0 Å². The molecule has 1 heterocycles. The fourth-order valence-electron chi connectivity index (χ4n) is 1.31. The Balaban J connectivity index is 2.60. The minimum Gasteiger partial charge on any atom is -0.311 e. The summed E-state index contributed by atoms with van der Waals surface area (Å²) in [5.74, 6) is 1.36. The number of rotatable bonds is 5. The van der Waals surface area contributed by atoms with Crippen molar-refractivity contribution in [1.29, 1.82) is 0 Å². The number of hydrogen-bond donors (Lipinski definition) is 2. The van der Waals surface area contributed by atoms with E-state index >= 15 is 0 Å². The molecule has 0 aliphatic rings. The molecule has 4 nitrogen and oxygen atoms in total. The SMILES string of the molecule is CCc1nc(CNCC(C)C)cc(=O)[nH]1. The molecular weight excluding hydrogens is 190 g/mol. The zero-order chi connectivity index (χ0) is 11.3. The number of hydrogen-bond acceptors (Lipinski definition) is 3. The first-order chi connectivity index (χ1) is 7.11. The average molecular weight is 209 g/mol. The van der Waals surface area contributed by atoms with Crippen LogP contribution < -0.4 is 10.9 Å². The zero-order valence-corrected chi connectivity index (χ0v) is 9.63. The summed E-state index contributed by atoms with van der Waals surface area (Å²) in [6.07, 6.45) is 0.757. The van der Waals surface area contributed by atoms with Gasteiger partial charge in [0.2, 0.25) is 0 Å². The smallest absolute Gasteiger partial charge is 0.251 e. The number of nitrogens with zero attached hydrogens (tertiary/aromatic N) is 1. The molecule has 0 unspecified atom stereocenters. The predicted octanol–water partition coefficient (Wildman–Crippen LogP) is 1.08. The van der Waals surface area contributed by atoms with Gasteiger partial charge in [-0.25, -0.2) is 4.98 Å². The Morgan fingerprint density at radius 2 is 2.27 bits per heavy atom. The van der Waals surface area contributed by atoms with E-state index in [2.05, 4.69) is 29.1 Å². The van der Waals surface area contributed by atoms with Gasteiger partial charge in [-0.1, -0.05) is 20.8 Å². The molecule has 1 aromatic heterocycles. The third kappa shape index (κ3) is 4.25. The normalized spacial score (nSPS) is 10.9. The molecule has 0 aliphatic carbocycles. The number of aryl methyl sites for hydroxylation is 1. The molecule has 0 bridgehead atoms. The molecule has 4 heteroatoms. The van der Waals surface area contributed by atoms with Crippen molar-refractivity contribution >= 4 is 0 Å². The third-order valence-electron chi connectivity index (χ3n) is 2.04. The van der Waals surface area contributed by atoms with Crippen LogP contribution in [0.3, 0.4) is 0 Å². The van der Waals surface area contributed by atoms with Gasteiger partial charge in [-0.15, -0.1) is 0 Å². The lowest BCUT2D eigenvalue weighted by Crippen LogP contribution is -2.22. The maximum absolute atomic E-state index is 11.2. The predicted molar refractivity (Wildman–Crippen MR) is 60.8 cm³/mol. The molecule has 1 rings (SSSR count). The van der Waals surface area contributed by atoms with Crippen LogP contribution in [0.25, 0.3) is 0 Å². The summed E-state index contributed by atoms with van der Waals surface area (Å²) in [7, 11) is 0. The quantitative estimate of drug-likeness (QED) is 0.763. The van der Waals surface area contributed by atoms with E-state index in [1.807, 2.05) is 6.92 Å². The lowest BCUT2D eigenvalue weighted by atomic mass is 10.2. The van der Waals surface area contributed by atoms with E-state index in [1.54, 1.807) is 6.07 Å². The van der Waals surface area contributed by atoms with Crippen LogP contribution in [0.15, 0.2) is 10.9 Å². The summed E-state index contributed by atoms with van der Waals surface area (Å²) >= 11 is 0. The minimum absolute atomic E-state index is 0.0665. The highest BCUT2D eigenvalue weighted by atomic mass is 16.1. The Kier molecular flexibility index (Phi) is 4.49. The highest BCUT2D eigenvalue weighted by molar-refractivity contribution is 5.02. The van der Waals surface area contributed by atoms with E-state index in [0.29, 0.717) is 12.5 Å². The maximum Gasteiger partial charge on any atom is 0.251 e. The average Bonchev–Trinajstić information content (AvgIpc) is 2.16. The highest BCUT2D eigenvalue weighted by Gasteiger charge is 2.00. The van der Waals surface area contributed by atoms with Gasteiger partial charge in [-0.3, -0.25) is 4.79 Å². The van der Waals surface area contributed by atoms with Crippen LogP contribution in [0, 0.1) is 5.92 Å². The summed E-state index contributed by atoms with van der Waals surface area (Å²) in [5, 5.41) is 3.26. The van der Waals surface area contributed by atoms with Gasteiger partial charge in [-0.2, -0.15) is 0 Å². The van der Waals surface area contributed by atoms with E-state index in [1.165, 1.54) is 0 Å². The van der Waals surface area contributed by atoms with Crippen LogP contribution >= 0.6 is 0 Å². The number of nitrogens with one attached hydrogen (secondary N) is 2. The molecule has 0 aromatic carbocycles. The van der Waals surface area contributed by atoms with Crippen LogP contribution in [0.4, 0.5) is 0 Å². The fraction of sp³-hybridized carbons (Fsp3) is 0.636. The minimum atomic E-state index is -0.0665. The number of aromatic amines is 1. The highest BCUT2D eigenvalue weighted by Crippen LogP contribution is 1.94. The molecule has 1 aromatic rings. The fourth-order valence-corrected chi connectivity index (χ4v) is 1.31. The van der Waals surface area contributed by atoms with Crippen molar-refractivity contribution in [3.63, 3.8) is 0 Å². The second-order valence-electron chi connectivity index (χ2n) is 4.06. The molecule has 0 amide bonds. The maximum atomic E-state index is 11.2. The summed E-state index contributed by atoms with van der Waals surface area (Å²) in [5.41, 5.74) is 0.749. The molecule has 0 fully saturated rings. The first-order valence-corrected chi connectivity index (χ1v) is 5.41. The Labute approximate surface area is 90.1 Å². The third-order valence-corrected chi connectivity index (χ3v) is 2.04. The monoisotopic (exact) mass is 209 g/mol. The summed E-state index contributed by atoms with van der Waals surface area (Å²) in [6.45, 7) is 7.88. The number of aromatic nitrogens is 2. The lowest BCUT2D eigenvalue weighted by molar-refractivity contribution is 0.546. The van der Waals surface area contributed by atoms with E-state index in [4.69, 9.17) is 0 Å². The summed E-state index contributed by atoms with van der Waals surface area (Å²) < 4.78 is 0. The van der Waals surface area contributed by atoms with Crippen molar-refractivity contribution in [2.24, 2.45) is 5.92 Å².